The minimum absolute atomic E-state index is 0.0248. The number of carbonyl (C=O) groups is 3. The van der Waals surface area contributed by atoms with Crippen molar-refractivity contribution in [1.82, 2.24) is 0 Å². The molecule has 1 saturated heterocycles. The van der Waals surface area contributed by atoms with Gasteiger partial charge in [0.2, 0.25) is 5.78 Å². The maximum absolute atomic E-state index is 13.6. The third-order valence-corrected chi connectivity index (χ3v) is 7.73. The van der Waals surface area contributed by atoms with E-state index in [4.69, 9.17) is 19.9 Å². The smallest absolute Gasteiger partial charge is 0.201 e. The lowest BCUT2D eigenvalue weighted by atomic mass is 9.72. The Balaban J connectivity index is 1.62. The van der Waals surface area contributed by atoms with Crippen LogP contribution in [0, 0.1) is 0 Å². The van der Waals surface area contributed by atoms with Crippen LogP contribution in [0.25, 0.3) is 0 Å². The molecule has 5 rings (SSSR count). The summed E-state index contributed by atoms with van der Waals surface area (Å²) in [5, 5.41) is 22.7. The number of carbonyl (C=O) groups excluding carboxylic acids is 3. The van der Waals surface area contributed by atoms with Gasteiger partial charge in [0.15, 0.2) is 17.9 Å². The Morgan fingerprint density at radius 1 is 1.21 bits per heavy atom. The molecule has 2 aromatic carbocycles. The number of ether oxygens (including phenoxy) is 3. The highest BCUT2D eigenvalue weighted by Gasteiger charge is 2.47. The first-order valence-corrected chi connectivity index (χ1v) is 12.2. The van der Waals surface area contributed by atoms with Gasteiger partial charge in [-0.2, -0.15) is 4.94 Å². The number of benzene rings is 2. The van der Waals surface area contributed by atoms with Crippen molar-refractivity contribution >= 4 is 17.3 Å². The fraction of sp³-hybridized carbons (Fsp3) is 0.444. The summed E-state index contributed by atoms with van der Waals surface area (Å²) in [4.78, 5) is 43.4. The summed E-state index contributed by atoms with van der Waals surface area (Å²) in [6.07, 6.45) is -4.33. The summed E-state index contributed by atoms with van der Waals surface area (Å²) < 4.78 is 30.1. The van der Waals surface area contributed by atoms with E-state index in [9.17, 15) is 29.1 Å². The van der Waals surface area contributed by atoms with Gasteiger partial charge in [0.25, 0.3) is 0 Å². The summed E-state index contributed by atoms with van der Waals surface area (Å²) in [5.41, 5.74) is 4.48. The summed E-state index contributed by atoms with van der Waals surface area (Å²) >= 11 is 0. The molecule has 11 heteroatoms. The number of Topliss-reactive ketones (excluding diaryl/α,β-unsaturated/α-hetero) is 1. The minimum Gasteiger partial charge on any atom is -0.507 e. The largest absolute Gasteiger partial charge is 0.507 e. The lowest BCUT2D eigenvalue weighted by Gasteiger charge is -2.42. The van der Waals surface area contributed by atoms with E-state index in [0.29, 0.717) is 0 Å². The molecular weight excluding hydrogens is 501 g/mol. The van der Waals surface area contributed by atoms with Crippen LogP contribution in [0.5, 0.6) is 11.5 Å². The van der Waals surface area contributed by atoms with Crippen molar-refractivity contribution in [2.45, 2.75) is 69.4 Å². The molecular formula is C27H28FNO9. The van der Waals surface area contributed by atoms with Crippen LogP contribution in [0.15, 0.2) is 24.3 Å². The molecule has 0 amide bonds. The molecule has 0 aromatic heterocycles. The van der Waals surface area contributed by atoms with E-state index in [1.54, 1.807) is 19.1 Å². The number of hydrogen-bond acceptors (Lipinski definition) is 10. The highest BCUT2D eigenvalue weighted by Crippen LogP contribution is 2.48. The molecule has 3 aliphatic rings. The molecule has 10 nitrogen and oxygen atoms in total. The normalized spacial score (nSPS) is 30.3. The second-order valence-corrected chi connectivity index (χ2v) is 10.1. The average Bonchev–Trinajstić information content (AvgIpc) is 2.86. The molecule has 2 aromatic rings. The van der Waals surface area contributed by atoms with Crippen molar-refractivity contribution in [3.05, 3.63) is 57.6 Å². The zero-order valence-electron chi connectivity index (χ0n) is 21.0. The molecule has 38 heavy (non-hydrogen) atoms. The van der Waals surface area contributed by atoms with Crippen molar-refractivity contribution in [1.29, 1.82) is 0 Å². The first kappa shape index (κ1) is 26.4. The Morgan fingerprint density at radius 3 is 2.58 bits per heavy atom. The number of phenolic OH excluding ortho intramolecular Hbond substituents is 1. The van der Waals surface area contributed by atoms with E-state index in [1.807, 2.05) is 0 Å². The molecule has 1 aliphatic heterocycles. The fourth-order valence-electron chi connectivity index (χ4n) is 5.71. The number of methoxy groups -OCH3 is 1. The van der Waals surface area contributed by atoms with Crippen LogP contribution in [0.2, 0.25) is 0 Å². The number of nitrogens with two attached hydrogens (primary N) is 1. The third kappa shape index (κ3) is 4.02. The van der Waals surface area contributed by atoms with Gasteiger partial charge in [-0.05, 0) is 36.1 Å². The van der Waals surface area contributed by atoms with Gasteiger partial charge in [0, 0.05) is 42.0 Å². The number of phenols is 1. The highest BCUT2D eigenvalue weighted by molar-refractivity contribution is 6.30. The van der Waals surface area contributed by atoms with E-state index in [1.165, 1.54) is 26.2 Å². The number of rotatable bonds is 5. The summed E-state index contributed by atoms with van der Waals surface area (Å²) in [6, 6.07) is 5.26. The van der Waals surface area contributed by atoms with Gasteiger partial charge in [-0.15, -0.1) is 0 Å². The minimum atomic E-state index is -1.87. The Labute approximate surface area is 217 Å². The quantitative estimate of drug-likeness (QED) is 0.448. The van der Waals surface area contributed by atoms with Gasteiger partial charge >= 0.3 is 0 Å². The Bertz CT molecular complexity index is 1330. The van der Waals surface area contributed by atoms with Gasteiger partial charge in [-0.25, -0.2) is 0 Å². The van der Waals surface area contributed by atoms with E-state index in [2.05, 4.69) is 4.94 Å². The molecule has 0 unspecified atom stereocenters. The second-order valence-electron chi connectivity index (χ2n) is 10.1. The maximum Gasteiger partial charge on any atom is 0.201 e. The monoisotopic (exact) mass is 529 g/mol. The number of halogens is 1. The fourth-order valence-corrected chi connectivity index (χ4v) is 5.71. The first-order chi connectivity index (χ1) is 18.0. The topological polar surface area (TPSA) is 155 Å². The predicted molar refractivity (Wildman–Crippen MR) is 129 cm³/mol. The predicted octanol–water partition coefficient (Wildman–Crippen LogP) is 2.23. The van der Waals surface area contributed by atoms with Crippen LogP contribution in [-0.2, 0) is 25.6 Å². The van der Waals surface area contributed by atoms with Crippen molar-refractivity contribution in [2.75, 3.05) is 7.11 Å². The zero-order valence-corrected chi connectivity index (χ0v) is 21.0. The van der Waals surface area contributed by atoms with E-state index in [-0.39, 0.29) is 58.4 Å². The molecule has 0 radical (unpaired) electrons. The Kier molecular flexibility index (Phi) is 6.60. The molecule has 202 valence electrons. The summed E-state index contributed by atoms with van der Waals surface area (Å²) in [5.74, 6) is -1.95. The van der Waals surface area contributed by atoms with Crippen molar-refractivity contribution < 1.29 is 48.3 Å². The molecule has 1 heterocycles. The van der Waals surface area contributed by atoms with Crippen molar-refractivity contribution in [3.63, 3.8) is 0 Å². The SMILES string of the molecule is COc1cccc2c1C(=O)c1c(cc3c(c1O)[C@@H](O[C@H]1C[C@H](N)[C@H](OF)[C@H](C)O1)C[C@](O)(C(C)=O)C3)C2=O. The van der Waals surface area contributed by atoms with Crippen LogP contribution in [0.3, 0.4) is 0 Å². The zero-order chi connectivity index (χ0) is 27.5. The number of ketones is 3. The molecule has 2 aliphatic carbocycles. The number of aromatic hydroxyl groups is 1. The van der Waals surface area contributed by atoms with Gasteiger partial charge in [0.1, 0.15) is 23.2 Å². The van der Waals surface area contributed by atoms with E-state index in [0.717, 1.165) is 0 Å². The molecule has 0 saturated carbocycles. The van der Waals surface area contributed by atoms with Gasteiger partial charge in [-0.1, -0.05) is 12.1 Å². The van der Waals surface area contributed by atoms with E-state index >= 15 is 0 Å². The molecule has 0 spiro atoms. The van der Waals surface area contributed by atoms with E-state index < -0.39 is 59.3 Å². The van der Waals surface area contributed by atoms with Crippen molar-refractivity contribution in [2.24, 2.45) is 5.73 Å². The highest BCUT2D eigenvalue weighted by atomic mass is 19.3. The van der Waals surface area contributed by atoms with Gasteiger partial charge in [-0.3, -0.25) is 14.4 Å². The molecule has 1 fully saturated rings. The van der Waals surface area contributed by atoms with Crippen LogP contribution in [-0.4, -0.2) is 64.8 Å². The first-order valence-electron chi connectivity index (χ1n) is 12.2. The van der Waals surface area contributed by atoms with Crippen LogP contribution >= 0.6 is 0 Å². The van der Waals surface area contributed by atoms with Crippen LogP contribution < -0.4 is 10.5 Å². The lowest BCUT2D eigenvalue weighted by Crippen LogP contribution is -2.53. The maximum atomic E-state index is 13.6. The molecule has 0 bridgehead atoms. The summed E-state index contributed by atoms with van der Waals surface area (Å²) in [7, 11) is 1.37. The number of hydrogen-bond donors (Lipinski definition) is 3. The average molecular weight is 530 g/mol. The Hall–Kier alpha value is -3.22. The summed E-state index contributed by atoms with van der Waals surface area (Å²) in [6.45, 7) is 2.79. The lowest BCUT2D eigenvalue weighted by molar-refractivity contribution is -0.292. The third-order valence-electron chi connectivity index (χ3n) is 7.73. The van der Waals surface area contributed by atoms with Crippen LogP contribution in [0.1, 0.15) is 75.8 Å². The molecule has 4 N–H and O–H groups in total. The number of fused-ring (bicyclic) bond motifs is 3. The van der Waals surface area contributed by atoms with Gasteiger partial charge in [0.05, 0.1) is 30.4 Å². The second kappa shape index (κ2) is 9.51. The number of aliphatic hydroxyl groups is 1. The standard InChI is InChI=1S/C27H28FNO9/c1-11-26(38-28)16(29)8-19(36-11)37-18-10-27(34,12(2)30)9-13-7-15-22(24(32)20(13)18)25(33)21-14(23(15)31)5-4-6-17(21)35-3/h4-7,11,16,18-19,26,32,34H,8-10,29H2,1-3H3/t11-,16-,18-,19-,26+,27-/m0/s1. The van der Waals surface area contributed by atoms with Crippen molar-refractivity contribution in [3.8, 4) is 11.5 Å². The Morgan fingerprint density at radius 2 is 1.95 bits per heavy atom. The molecule has 6 atom stereocenters. The van der Waals surface area contributed by atoms with Gasteiger partial charge < -0.3 is 30.2 Å². The van der Waals surface area contributed by atoms with Crippen LogP contribution in [0.4, 0.5) is 4.53 Å².